The zero-order valence-electron chi connectivity index (χ0n) is 15.5. The smallest absolute Gasteiger partial charge is 0.263 e. The standard InChI is InChI=1S/C19H13ClN6O3S2/c20-12-1-3-17(14(6-12)15-8-24-25-19(15)22)29-16-4-2-13(5-11(16)7-21)31(27,28)26-18-9-30-10-23-18/h1-6,8-10,26H,(H3,22,24,25). The molecule has 0 spiro atoms. The maximum atomic E-state index is 12.6. The molecule has 0 unspecified atom stereocenters. The van der Waals surface area contributed by atoms with E-state index in [2.05, 4.69) is 19.9 Å². The monoisotopic (exact) mass is 472 g/mol. The van der Waals surface area contributed by atoms with E-state index in [0.29, 0.717) is 27.7 Å². The quantitative estimate of drug-likeness (QED) is 0.380. The number of anilines is 2. The van der Waals surface area contributed by atoms with Crippen molar-refractivity contribution in [1.82, 2.24) is 15.2 Å². The lowest BCUT2D eigenvalue weighted by atomic mass is 10.1. The first-order valence-electron chi connectivity index (χ1n) is 8.59. The number of H-pyrrole nitrogens is 1. The molecular weight excluding hydrogens is 460 g/mol. The van der Waals surface area contributed by atoms with Crippen LogP contribution in [-0.4, -0.2) is 23.6 Å². The molecule has 4 aromatic rings. The number of sulfonamides is 1. The Balaban J connectivity index is 1.70. The molecule has 2 heterocycles. The number of nitriles is 1. The van der Waals surface area contributed by atoms with Crippen LogP contribution in [0.5, 0.6) is 11.5 Å². The van der Waals surface area contributed by atoms with Gasteiger partial charge in [-0.2, -0.15) is 10.4 Å². The highest BCUT2D eigenvalue weighted by atomic mass is 35.5. The van der Waals surface area contributed by atoms with Crippen LogP contribution >= 0.6 is 22.9 Å². The largest absolute Gasteiger partial charge is 0.455 e. The summed E-state index contributed by atoms with van der Waals surface area (Å²) < 4.78 is 33.5. The summed E-state index contributed by atoms with van der Waals surface area (Å²) in [5.74, 6) is 1.06. The Morgan fingerprint density at radius 1 is 1.19 bits per heavy atom. The SMILES string of the molecule is N#Cc1cc(S(=O)(=O)Nc2cscn2)ccc1Oc1ccc(Cl)cc1-c1cn[nH]c1N. The Morgan fingerprint density at radius 3 is 2.68 bits per heavy atom. The van der Waals surface area contributed by atoms with Gasteiger partial charge in [0.25, 0.3) is 10.0 Å². The average molecular weight is 473 g/mol. The summed E-state index contributed by atoms with van der Waals surface area (Å²) in [7, 11) is -3.92. The second kappa shape index (κ2) is 8.27. The van der Waals surface area contributed by atoms with Crippen LogP contribution in [0.4, 0.5) is 11.6 Å². The molecule has 4 rings (SSSR count). The minimum Gasteiger partial charge on any atom is -0.455 e. The number of ether oxygens (including phenoxy) is 1. The maximum absolute atomic E-state index is 12.6. The Kier molecular flexibility index (Phi) is 5.51. The van der Waals surface area contributed by atoms with E-state index in [1.54, 1.807) is 23.6 Å². The van der Waals surface area contributed by atoms with Crippen molar-refractivity contribution < 1.29 is 13.2 Å². The number of benzene rings is 2. The maximum Gasteiger partial charge on any atom is 0.263 e. The van der Waals surface area contributed by atoms with Gasteiger partial charge in [-0.15, -0.1) is 11.3 Å². The average Bonchev–Trinajstić information content (AvgIpc) is 3.40. The molecule has 0 aliphatic carbocycles. The molecule has 0 bridgehead atoms. The number of nitrogens with zero attached hydrogens (tertiary/aromatic N) is 3. The van der Waals surface area contributed by atoms with Crippen LogP contribution in [0.15, 0.2) is 58.4 Å². The molecule has 0 aliphatic heterocycles. The number of nitrogen functional groups attached to an aromatic ring is 1. The fourth-order valence-corrected chi connectivity index (χ4v) is 4.50. The zero-order chi connectivity index (χ0) is 22.0. The Bertz CT molecular complexity index is 1390. The van der Waals surface area contributed by atoms with Gasteiger partial charge in [-0.05, 0) is 36.4 Å². The molecule has 2 aromatic heterocycles. The number of thiazole rings is 1. The van der Waals surface area contributed by atoms with Gasteiger partial charge in [0.2, 0.25) is 0 Å². The number of aromatic nitrogens is 3. The highest BCUT2D eigenvalue weighted by Gasteiger charge is 2.19. The van der Waals surface area contributed by atoms with E-state index >= 15 is 0 Å². The van der Waals surface area contributed by atoms with E-state index in [0.717, 1.165) is 0 Å². The van der Waals surface area contributed by atoms with Crippen molar-refractivity contribution in [2.24, 2.45) is 0 Å². The van der Waals surface area contributed by atoms with Gasteiger partial charge in [-0.25, -0.2) is 13.4 Å². The second-order valence-corrected chi connectivity index (χ2v) is 9.03. The van der Waals surface area contributed by atoms with E-state index in [-0.39, 0.29) is 22.0 Å². The fraction of sp³-hybridized carbons (Fsp3) is 0. The molecule has 0 atom stereocenters. The summed E-state index contributed by atoms with van der Waals surface area (Å²) >= 11 is 7.37. The molecule has 2 aromatic carbocycles. The van der Waals surface area contributed by atoms with Gasteiger partial charge in [0, 0.05) is 21.5 Å². The third-order valence-corrected chi connectivity index (χ3v) is 6.35. The number of hydrogen-bond donors (Lipinski definition) is 3. The summed E-state index contributed by atoms with van der Waals surface area (Å²) in [6.07, 6.45) is 1.53. The van der Waals surface area contributed by atoms with Gasteiger partial charge in [0.1, 0.15) is 23.4 Å². The number of nitrogens with one attached hydrogen (secondary N) is 2. The minimum atomic E-state index is -3.92. The molecule has 12 heteroatoms. The molecular formula is C19H13ClN6O3S2. The van der Waals surface area contributed by atoms with Crippen LogP contribution in [0, 0.1) is 11.3 Å². The summed E-state index contributed by atoms with van der Waals surface area (Å²) in [5, 5.41) is 18.1. The van der Waals surface area contributed by atoms with Crippen molar-refractivity contribution in [1.29, 1.82) is 5.26 Å². The lowest BCUT2D eigenvalue weighted by molar-refractivity contribution is 0.482. The Hall–Kier alpha value is -3.59. The molecule has 0 radical (unpaired) electrons. The summed E-state index contributed by atoms with van der Waals surface area (Å²) in [6.45, 7) is 0. The summed E-state index contributed by atoms with van der Waals surface area (Å²) in [5.41, 5.74) is 8.58. The van der Waals surface area contributed by atoms with Gasteiger partial charge in [-0.3, -0.25) is 9.82 Å². The molecule has 156 valence electrons. The molecule has 31 heavy (non-hydrogen) atoms. The van der Waals surface area contributed by atoms with Crippen LogP contribution in [0.25, 0.3) is 11.1 Å². The summed E-state index contributed by atoms with van der Waals surface area (Å²) in [6, 6.07) is 10.8. The lowest BCUT2D eigenvalue weighted by Crippen LogP contribution is -2.13. The lowest BCUT2D eigenvalue weighted by Gasteiger charge is -2.13. The number of nitrogens with two attached hydrogens (primary N) is 1. The highest BCUT2D eigenvalue weighted by Crippen LogP contribution is 2.38. The van der Waals surface area contributed by atoms with E-state index < -0.39 is 10.0 Å². The van der Waals surface area contributed by atoms with Crippen molar-refractivity contribution >= 4 is 44.6 Å². The molecule has 0 aliphatic rings. The topological polar surface area (TPSA) is 147 Å². The Labute approximate surface area is 186 Å². The number of aromatic amines is 1. The normalized spacial score (nSPS) is 11.1. The van der Waals surface area contributed by atoms with E-state index in [4.69, 9.17) is 22.1 Å². The first-order valence-corrected chi connectivity index (χ1v) is 11.4. The van der Waals surface area contributed by atoms with Crippen molar-refractivity contribution in [2.45, 2.75) is 4.90 Å². The van der Waals surface area contributed by atoms with Gasteiger partial charge in [0.15, 0.2) is 5.82 Å². The molecule has 0 amide bonds. The van der Waals surface area contributed by atoms with Crippen LogP contribution < -0.4 is 15.2 Å². The first-order chi connectivity index (χ1) is 14.9. The van der Waals surface area contributed by atoms with E-state index in [9.17, 15) is 13.7 Å². The van der Waals surface area contributed by atoms with Gasteiger partial charge < -0.3 is 10.5 Å². The van der Waals surface area contributed by atoms with Crippen molar-refractivity contribution in [3.63, 3.8) is 0 Å². The predicted octanol–water partition coefficient (Wildman–Crippen LogP) is 4.23. The number of hydrogen-bond acceptors (Lipinski definition) is 8. The first kappa shape index (κ1) is 20.7. The van der Waals surface area contributed by atoms with Crippen LogP contribution in [0.2, 0.25) is 5.02 Å². The van der Waals surface area contributed by atoms with Crippen LogP contribution in [0.1, 0.15) is 5.56 Å². The molecule has 4 N–H and O–H groups in total. The predicted molar refractivity (Wildman–Crippen MR) is 118 cm³/mol. The van der Waals surface area contributed by atoms with E-state index in [1.165, 1.54) is 41.2 Å². The molecule has 0 fully saturated rings. The van der Waals surface area contributed by atoms with Gasteiger partial charge in [0.05, 0.1) is 22.2 Å². The van der Waals surface area contributed by atoms with Crippen molar-refractivity contribution in [2.75, 3.05) is 10.5 Å². The van der Waals surface area contributed by atoms with E-state index in [1.807, 2.05) is 6.07 Å². The molecule has 0 saturated heterocycles. The Morgan fingerprint density at radius 2 is 2.00 bits per heavy atom. The highest BCUT2D eigenvalue weighted by molar-refractivity contribution is 7.92. The van der Waals surface area contributed by atoms with Crippen LogP contribution in [-0.2, 0) is 10.0 Å². The van der Waals surface area contributed by atoms with Crippen molar-refractivity contribution in [3.05, 3.63) is 64.1 Å². The van der Waals surface area contributed by atoms with Gasteiger partial charge >= 0.3 is 0 Å². The van der Waals surface area contributed by atoms with Gasteiger partial charge in [-0.1, -0.05) is 11.6 Å². The van der Waals surface area contributed by atoms with Crippen molar-refractivity contribution in [3.8, 4) is 28.7 Å². The third-order valence-electron chi connectivity index (χ3n) is 4.17. The second-order valence-electron chi connectivity index (χ2n) is 6.19. The number of halogens is 1. The molecule has 0 saturated carbocycles. The zero-order valence-corrected chi connectivity index (χ0v) is 17.9. The summed E-state index contributed by atoms with van der Waals surface area (Å²) in [4.78, 5) is 3.80. The third kappa shape index (κ3) is 4.31. The number of rotatable bonds is 6. The van der Waals surface area contributed by atoms with Crippen LogP contribution in [0.3, 0.4) is 0 Å². The minimum absolute atomic E-state index is 0.0298. The fourth-order valence-electron chi connectivity index (χ4n) is 2.74. The molecule has 9 nitrogen and oxygen atoms in total.